The first-order chi connectivity index (χ1) is 8.66. The van der Waals surface area contributed by atoms with E-state index in [1.54, 1.807) is 16.5 Å². The molecule has 2 heterocycles. The molecular formula is C11H15N3O3S. The minimum Gasteiger partial charge on any atom is -0.480 e. The molecule has 1 atom stereocenters. The van der Waals surface area contributed by atoms with Gasteiger partial charge < -0.3 is 10.4 Å². The van der Waals surface area contributed by atoms with Crippen molar-refractivity contribution in [3.63, 3.8) is 0 Å². The van der Waals surface area contributed by atoms with Crippen LogP contribution in [0, 0.1) is 0 Å². The van der Waals surface area contributed by atoms with Crippen LogP contribution < -0.4 is 5.32 Å². The number of hydrogen-bond donors (Lipinski definition) is 2. The Morgan fingerprint density at radius 1 is 1.56 bits per heavy atom. The first-order valence-corrected chi connectivity index (χ1v) is 6.71. The molecule has 98 valence electrons. The summed E-state index contributed by atoms with van der Waals surface area (Å²) in [4.78, 5) is 28.5. The van der Waals surface area contributed by atoms with Crippen molar-refractivity contribution in [3.8, 4) is 0 Å². The van der Waals surface area contributed by atoms with Gasteiger partial charge in [-0.3, -0.25) is 14.5 Å². The van der Waals surface area contributed by atoms with Gasteiger partial charge in [0.25, 0.3) is 0 Å². The Hall–Kier alpha value is -1.47. The highest BCUT2D eigenvalue weighted by molar-refractivity contribution is 7.13. The van der Waals surface area contributed by atoms with Gasteiger partial charge in [0.2, 0.25) is 5.91 Å². The third-order valence-corrected chi connectivity index (χ3v) is 3.61. The molecule has 0 aromatic carbocycles. The second-order valence-electron chi connectivity index (χ2n) is 4.21. The van der Waals surface area contributed by atoms with Gasteiger partial charge in [-0.15, -0.1) is 11.3 Å². The van der Waals surface area contributed by atoms with Crippen LogP contribution in [0.5, 0.6) is 0 Å². The Morgan fingerprint density at radius 3 is 3.06 bits per heavy atom. The molecule has 0 radical (unpaired) electrons. The molecule has 1 aromatic heterocycles. The zero-order chi connectivity index (χ0) is 13.0. The van der Waals surface area contributed by atoms with Crippen molar-refractivity contribution in [2.75, 3.05) is 18.4 Å². The molecule has 1 aromatic rings. The van der Waals surface area contributed by atoms with Gasteiger partial charge in [0.1, 0.15) is 6.04 Å². The van der Waals surface area contributed by atoms with Gasteiger partial charge in [-0.2, -0.15) is 0 Å². The molecule has 7 heteroatoms. The van der Waals surface area contributed by atoms with Crippen LogP contribution in [0.2, 0.25) is 0 Å². The van der Waals surface area contributed by atoms with Gasteiger partial charge in [0.15, 0.2) is 5.13 Å². The summed E-state index contributed by atoms with van der Waals surface area (Å²) in [5.41, 5.74) is 0. The summed E-state index contributed by atoms with van der Waals surface area (Å²) >= 11 is 1.34. The van der Waals surface area contributed by atoms with Crippen LogP contribution in [0.3, 0.4) is 0 Å². The van der Waals surface area contributed by atoms with Crippen molar-refractivity contribution in [1.29, 1.82) is 0 Å². The summed E-state index contributed by atoms with van der Waals surface area (Å²) in [7, 11) is 0. The number of likely N-dealkylation sites (tertiary alicyclic amines) is 1. The number of aliphatic carboxylic acids is 1. The maximum Gasteiger partial charge on any atom is 0.320 e. The van der Waals surface area contributed by atoms with Crippen LogP contribution in [0.15, 0.2) is 11.6 Å². The van der Waals surface area contributed by atoms with Crippen LogP contribution in [0.1, 0.15) is 19.3 Å². The molecule has 0 saturated carbocycles. The smallest absolute Gasteiger partial charge is 0.320 e. The van der Waals surface area contributed by atoms with Gasteiger partial charge in [-0.25, -0.2) is 4.98 Å². The molecule has 1 amide bonds. The van der Waals surface area contributed by atoms with E-state index in [0.29, 0.717) is 18.1 Å². The summed E-state index contributed by atoms with van der Waals surface area (Å²) < 4.78 is 0. The number of carbonyl (C=O) groups is 2. The first kappa shape index (κ1) is 13.0. The largest absolute Gasteiger partial charge is 0.480 e. The van der Waals surface area contributed by atoms with Crippen molar-refractivity contribution in [3.05, 3.63) is 11.6 Å². The number of aromatic nitrogens is 1. The molecule has 6 nitrogen and oxygen atoms in total. The molecule has 1 saturated heterocycles. The van der Waals surface area contributed by atoms with Crippen LogP contribution in [0.4, 0.5) is 5.13 Å². The van der Waals surface area contributed by atoms with Crippen molar-refractivity contribution < 1.29 is 14.7 Å². The molecule has 2 N–H and O–H groups in total. The van der Waals surface area contributed by atoms with E-state index in [-0.39, 0.29) is 12.5 Å². The second-order valence-corrected chi connectivity index (χ2v) is 5.10. The number of nitrogens with zero attached hydrogens (tertiary/aromatic N) is 2. The highest BCUT2D eigenvalue weighted by Gasteiger charge is 2.29. The number of carboxylic acid groups (broad SMARTS) is 1. The normalized spacial score (nSPS) is 20.6. The Kier molecular flexibility index (Phi) is 4.27. The highest BCUT2D eigenvalue weighted by atomic mass is 32.1. The lowest BCUT2D eigenvalue weighted by atomic mass is 10.0. The molecular weight excluding hydrogens is 254 g/mol. The number of rotatable bonds is 4. The summed E-state index contributed by atoms with van der Waals surface area (Å²) in [6.07, 6.45) is 4.07. The van der Waals surface area contributed by atoms with E-state index in [9.17, 15) is 9.59 Å². The average molecular weight is 269 g/mol. The Labute approximate surface area is 109 Å². The number of nitrogens with one attached hydrogen (secondary N) is 1. The van der Waals surface area contributed by atoms with Gasteiger partial charge in [0, 0.05) is 11.6 Å². The minimum atomic E-state index is -0.850. The van der Waals surface area contributed by atoms with Gasteiger partial charge in [-0.1, -0.05) is 6.42 Å². The molecule has 1 fully saturated rings. The SMILES string of the molecule is O=C(CN1CCCCC1C(=O)O)Nc1nccs1. The minimum absolute atomic E-state index is 0.108. The van der Waals surface area contributed by atoms with Crippen molar-refractivity contribution >= 4 is 28.3 Å². The first-order valence-electron chi connectivity index (χ1n) is 5.83. The zero-order valence-corrected chi connectivity index (χ0v) is 10.7. The standard InChI is InChI=1S/C11H15N3O3S/c15-9(13-11-12-4-6-18-11)7-14-5-2-1-3-8(14)10(16)17/h4,6,8H,1-3,5,7H2,(H,16,17)(H,12,13,15). The molecule has 2 rings (SSSR count). The number of carbonyl (C=O) groups excluding carboxylic acids is 1. The topological polar surface area (TPSA) is 82.5 Å². The Morgan fingerprint density at radius 2 is 2.39 bits per heavy atom. The van der Waals surface area contributed by atoms with Crippen molar-refractivity contribution in [1.82, 2.24) is 9.88 Å². The number of amides is 1. The predicted octanol–water partition coefficient (Wildman–Crippen LogP) is 1.02. The third kappa shape index (κ3) is 3.27. The van der Waals surface area contributed by atoms with Crippen molar-refractivity contribution in [2.24, 2.45) is 0 Å². The van der Waals surface area contributed by atoms with E-state index >= 15 is 0 Å². The molecule has 1 aliphatic rings. The van der Waals surface area contributed by atoms with Gasteiger partial charge >= 0.3 is 5.97 Å². The van der Waals surface area contributed by atoms with Crippen LogP contribution >= 0.6 is 11.3 Å². The lowest BCUT2D eigenvalue weighted by Gasteiger charge is -2.31. The van der Waals surface area contributed by atoms with Gasteiger partial charge in [0.05, 0.1) is 6.54 Å². The Balaban J connectivity index is 1.90. The lowest BCUT2D eigenvalue weighted by Crippen LogP contribution is -2.47. The summed E-state index contributed by atoms with van der Waals surface area (Å²) in [5, 5.41) is 14.1. The molecule has 0 aliphatic carbocycles. The fraction of sp³-hybridized carbons (Fsp3) is 0.545. The third-order valence-electron chi connectivity index (χ3n) is 2.92. The molecule has 0 bridgehead atoms. The summed E-state index contributed by atoms with van der Waals surface area (Å²) in [5.74, 6) is -1.06. The summed E-state index contributed by atoms with van der Waals surface area (Å²) in [6.45, 7) is 0.763. The van der Waals surface area contributed by atoms with E-state index < -0.39 is 12.0 Å². The maximum atomic E-state index is 11.8. The van der Waals surface area contributed by atoms with E-state index in [4.69, 9.17) is 5.11 Å². The maximum absolute atomic E-state index is 11.8. The van der Waals surface area contributed by atoms with E-state index in [1.807, 2.05) is 0 Å². The lowest BCUT2D eigenvalue weighted by molar-refractivity contribution is -0.145. The van der Waals surface area contributed by atoms with Crippen molar-refractivity contribution in [2.45, 2.75) is 25.3 Å². The number of anilines is 1. The van der Waals surface area contributed by atoms with Crippen LogP contribution in [-0.2, 0) is 9.59 Å². The average Bonchev–Trinajstić information content (AvgIpc) is 2.82. The quantitative estimate of drug-likeness (QED) is 0.852. The predicted molar refractivity (Wildman–Crippen MR) is 67.6 cm³/mol. The fourth-order valence-electron chi connectivity index (χ4n) is 2.09. The monoisotopic (exact) mass is 269 g/mol. The number of piperidine rings is 1. The Bertz CT molecular complexity index is 421. The molecule has 18 heavy (non-hydrogen) atoms. The van der Waals surface area contributed by atoms with Crippen LogP contribution in [0.25, 0.3) is 0 Å². The van der Waals surface area contributed by atoms with Crippen LogP contribution in [-0.4, -0.2) is 46.0 Å². The van der Waals surface area contributed by atoms with E-state index in [2.05, 4.69) is 10.3 Å². The number of hydrogen-bond acceptors (Lipinski definition) is 5. The molecule has 1 aliphatic heterocycles. The van der Waals surface area contributed by atoms with E-state index in [1.165, 1.54) is 11.3 Å². The number of carboxylic acids is 1. The summed E-state index contributed by atoms with van der Waals surface area (Å²) in [6, 6.07) is -0.541. The van der Waals surface area contributed by atoms with Gasteiger partial charge in [-0.05, 0) is 19.4 Å². The zero-order valence-electron chi connectivity index (χ0n) is 9.83. The fourth-order valence-corrected chi connectivity index (χ4v) is 2.63. The number of thiazole rings is 1. The molecule has 0 spiro atoms. The second kappa shape index (κ2) is 5.92. The highest BCUT2D eigenvalue weighted by Crippen LogP contribution is 2.17. The van der Waals surface area contributed by atoms with E-state index in [0.717, 1.165) is 12.8 Å². The molecule has 1 unspecified atom stereocenters.